The molecular formula is C11H9BrN6S. The second kappa shape index (κ2) is 5.06. The van der Waals surface area contributed by atoms with Crippen LogP contribution in [0.1, 0.15) is 0 Å². The summed E-state index contributed by atoms with van der Waals surface area (Å²) in [4.78, 5) is 12.9. The molecule has 0 saturated carbocycles. The summed E-state index contributed by atoms with van der Waals surface area (Å²) in [6.07, 6.45) is 5.28. The molecule has 96 valence electrons. The Labute approximate surface area is 121 Å². The fraction of sp³-hybridized carbons (Fsp3) is 0.0909. The third kappa shape index (κ3) is 2.79. The third-order valence-electron chi connectivity index (χ3n) is 2.31. The lowest BCUT2D eigenvalue weighted by Gasteiger charge is -2.02. The van der Waals surface area contributed by atoms with E-state index in [2.05, 4.69) is 41.3 Å². The standard InChI is InChI=1S/C11H9BrN6S/c1-18-5-7(4-14-18)15-11-13-3-2-8(16-11)10-17-9(12)6-19-10/h2-6H,1H3,(H,13,15,16). The average Bonchev–Trinajstić information content (AvgIpc) is 2.99. The van der Waals surface area contributed by atoms with Crippen LogP contribution in [0.25, 0.3) is 10.7 Å². The van der Waals surface area contributed by atoms with Crippen molar-refractivity contribution >= 4 is 38.9 Å². The Morgan fingerprint density at radius 1 is 1.37 bits per heavy atom. The minimum Gasteiger partial charge on any atom is -0.321 e. The van der Waals surface area contributed by atoms with Gasteiger partial charge in [0, 0.05) is 24.8 Å². The Bertz CT molecular complexity index is 707. The number of aromatic nitrogens is 5. The van der Waals surface area contributed by atoms with Gasteiger partial charge in [0.25, 0.3) is 0 Å². The molecule has 3 heterocycles. The molecule has 3 rings (SSSR count). The van der Waals surface area contributed by atoms with Crippen LogP contribution in [0.4, 0.5) is 11.6 Å². The van der Waals surface area contributed by atoms with E-state index >= 15 is 0 Å². The average molecular weight is 337 g/mol. The first-order valence-corrected chi connectivity index (χ1v) is 7.08. The molecule has 0 saturated heterocycles. The molecule has 8 heteroatoms. The van der Waals surface area contributed by atoms with E-state index in [4.69, 9.17) is 0 Å². The number of nitrogens with one attached hydrogen (secondary N) is 1. The van der Waals surface area contributed by atoms with Crippen molar-refractivity contribution in [1.29, 1.82) is 0 Å². The highest BCUT2D eigenvalue weighted by molar-refractivity contribution is 9.10. The monoisotopic (exact) mass is 336 g/mol. The number of hydrogen-bond donors (Lipinski definition) is 1. The predicted octanol–water partition coefficient (Wildman–Crippen LogP) is 2.84. The van der Waals surface area contributed by atoms with Crippen LogP contribution < -0.4 is 5.32 Å². The van der Waals surface area contributed by atoms with Gasteiger partial charge in [0.05, 0.1) is 11.9 Å². The molecule has 6 nitrogen and oxygen atoms in total. The normalized spacial score (nSPS) is 10.6. The Morgan fingerprint density at radius 3 is 2.95 bits per heavy atom. The minimum atomic E-state index is 0.525. The van der Waals surface area contributed by atoms with Gasteiger partial charge in [0.2, 0.25) is 5.95 Å². The van der Waals surface area contributed by atoms with E-state index in [-0.39, 0.29) is 0 Å². The van der Waals surface area contributed by atoms with Crippen LogP contribution in [0.2, 0.25) is 0 Å². The molecular weight excluding hydrogens is 328 g/mol. The SMILES string of the molecule is Cn1cc(Nc2nccc(-c3nc(Br)cs3)n2)cn1. The van der Waals surface area contributed by atoms with Crippen molar-refractivity contribution in [2.45, 2.75) is 0 Å². The summed E-state index contributed by atoms with van der Waals surface area (Å²) in [5.74, 6) is 0.525. The second-order valence-corrected chi connectivity index (χ2v) is 5.44. The number of hydrogen-bond acceptors (Lipinski definition) is 6. The maximum atomic E-state index is 4.43. The first-order chi connectivity index (χ1) is 9.20. The highest BCUT2D eigenvalue weighted by Gasteiger charge is 2.07. The van der Waals surface area contributed by atoms with Gasteiger partial charge in [-0.05, 0) is 22.0 Å². The topological polar surface area (TPSA) is 68.5 Å². The Hall–Kier alpha value is -1.80. The molecule has 0 atom stereocenters. The van der Waals surface area contributed by atoms with Crippen molar-refractivity contribution in [3.63, 3.8) is 0 Å². The molecule has 0 amide bonds. The van der Waals surface area contributed by atoms with Gasteiger partial charge in [-0.2, -0.15) is 5.10 Å². The van der Waals surface area contributed by atoms with Gasteiger partial charge in [-0.15, -0.1) is 11.3 Å². The number of rotatable bonds is 3. The summed E-state index contributed by atoms with van der Waals surface area (Å²) < 4.78 is 2.53. The van der Waals surface area contributed by atoms with E-state index < -0.39 is 0 Å². The molecule has 0 radical (unpaired) electrons. The lowest BCUT2D eigenvalue weighted by Crippen LogP contribution is -1.97. The number of nitrogens with zero attached hydrogens (tertiary/aromatic N) is 5. The van der Waals surface area contributed by atoms with Crippen molar-refractivity contribution < 1.29 is 0 Å². The highest BCUT2D eigenvalue weighted by Crippen LogP contribution is 2.25. The number of anilines is 2. The molecule has 0 aliphatic rings. The zero-order chi connectivity index (χ0) is 13.2. The van der Waals surface area contributed by atoms with Gasteiger partial charge < -0.3 is 5.32 Å². The van der Waals surface area contributed by atoms with E-state index in [1.807, 2.05) is 24.7 Å². The summed E-state index contributed by atoms with van der Waals surface area (Å²) in [6.45, 7) is 0. The van der Waals surface area contributed by atoms with E-state index in [1.54, 1.807) is 17.1 Å². The first-order valence-electron chi connectivity index (χ1n) is 5.41. The molecule has 0 fully saturated rings. The molecule has 0 unspecified atom stereocenters. The van der Waals surface area contributed by atoms with Crippen LogP contribution in [0.5, 0.6) is 0 Å². The lowest BCUT2D eigenvalue weighted by atomic mass is 10.4. The van der Waals surface area contributed by atoms with Crippen LogP contribution in [0, 0.1) is 0 Å². The zero-order valence-electron chi connectivity index (χ0n) is 9.91. The molecule has 0 bridgehead atoms. The smallest absolute Gasteiger partial charge is 0.227 e. The predicted molar refractivity (Wildman–Crippen MR) is 77.3 cm³/mol. The first kappa shape index (κ1) is 12.2. The van der Waals surface area contributed by atoms with E-state index in [0.29, 0.717) is 5.95 Å². The minimum absolute atomic E-state index is 0.525. The van der Waals surface area contributed by atoms with Crippen molar-refractivity contribution in [3.8, 4) is 10.7 Å². The molecule has 0 aromatic carbocycles. The van der Waals surface area contributed by atoms with Crippen molar-refractivity contribution in [1.82, 2.24) is 24.7 Å². The number of aryl methyl sites for hydroxylation is 1. The maximum Gasteiger partial charge on any atom is 0.227 e. The summed E-state index contributed by atoms with van der Waals surface area (Å²) >= 11 is 4.86. The van der Waals surface area contributed by atoms with Gasteiger partial charge in [-0.1, -0.05) is 0 Å². The lowest BCUT2D eigenvalue weighted by molar-refractivity contribution is 0.768. The molecule has 0 aliphatic carbocycles. The largest absolute Gasteiger partial charge is 0.321 e. The van der Waals surface area contributed by atoms with Gasteiger partial charge in [0.1, 0.15) is 15.3 Å². The van der Waals surface area contributed by atoms with Crippen LogP contribution in [0.15, 0.2) is 34.6 Å². The van der Waals surface area contributed by atoms with Gasteiger partial charge in [-0.3, -0.25) is 4.68 Å². The van der Waals surface area contributed by atoms with Crippen LogP contribution in [0.3, 0.4) is 0 Å². The maximum absolute atomic E-state index is 4.43. The second-order valence-electron chi connectivity index (χ2n) is 3.77. The third-order valence-corrected chi connectivity index (χ3v) is 3.89. The van der Waals surface area contributed by atoms with Gasteiger partial charge in [-0.25, -0.2) is 15.0 Å². The number of halogens is 1. The van der Waals surface area contributed by atoms with Crippen molar-refractivity contribution in [2.24, 2.45) is 7.05 Å². The summed E-state index contributed by atoms with van der Waals surface area (Å²) in [7, 11) is 1.86. The van der Waals surface area contributed by atoms with Gasteiger partial charge in [0.15, 0.2) is 0 Å². The summed E-state index contributed by atoms with van der Waals surface area (Å²) in [5.41, 5.74) is 1.64. The van der Waals surface area contributed by atoms with Crippen LogP contribution in [-0.4, -0.2) is 24.7 Å². The number of thiazole rings is 1. The Kier molecular flexibility index (Phi) is 3.26. The summed E-state index contributed by atoms with van der Waals surface area (Å²) in [5, 5.41) is 9.95. The Morgan fingerprint density at radius 2 is 2.26 bits per heavy atom. The molecule has 19 heavy (non-hydrogen) atoms. The zero-order valence-corrected chi connectivity index (χ0v) is 12.3. The van der Waals surface area contributed by atoms with E-state index in [1.165, 1.54) is 11.3 Å². The van der Waals surface area contributed by atoms with Crippen LogP contribution >= 0.6 is 27.3 Å². The van der Waals surface area contributed by atoms with E-state index in [0.717, 1.165) is 21.0 Å². The molecule has 3 aromatic rings. The molecule has 3 aromatic heterocycles. The van der Waals surface area contributed by atoms with Crippen molar-refractivity contribution in [2.75, 3.05) is 5.32 Å². The fourth-order valence-electron chi connectivity index (χ4n) is 1.52. The molecule has 1 N–H and O–H groups in total. The summed E-state index contributed by atoms with van der Waals surface area (Å²) in [6, 6.07) is 1.83. The quantitative estimate of drug-likeness (QED) is 0.796. The molecule has 0 aliphatic heterocycles. The van der Waals surface area contributed by atoms with E-state index in [9.17, 15) is 0 Å². The van der Waals surface area contributed by atoms with Crippen LogP contribution in [-0.2, 0) is 7.05 Å². The van der Waals surface area contributed by atoms with Crippen molar-refractivity contribution in [3.05, 3.63) is 34.6 Å². The highest BCUT2D eigenvalue weighted by atomic mass is 79.9. The fourth-order valence-corrected chi connectivity index (χ4v) is 2.75. The van der Waals surface area contributed by atoms with Gasteiger partial charge >= 0.3 is 0 Å². The molecule has 0 spiro atoms. The Balaban J connectivity index is 1.87.